The van der Waals surface area contributed by atoms with Gasteiger partial charge in [0.15, 0.2) is 0 Å². The monoisotopic (exact) mass is 372 g/mol. The van der Waals surface area contributed by atoms with Crippen molar-refractivity contribution < 1.29 is 4.74 Å². The van der Waals surface area contributed by atoms with Gasteiger partial charge in [0.2, 0.25) is 0 Å². The maximum absolute atomic E-state index is 5.98. The summed E-state index contributed by atoms with van der Waals surface area (Å²) in [5.74, 6) is 1.76. The lowest BCUT2D eigenvalue weighted by molar-refractivity contribution is 0.416. The van der Waals surface area contributed by atoms with Crippen LogP contribution < -0.4 is 15.4 Å². The summed E-state index contributed by atoms with van der Waals surface area (Å²) >= 11 is 0. The Morgan fingerprint density at radius 3 is 2.71 bits per heavy atom. The first kappa shape index (κ1) is 17.9. The van der Waals surface area contributed by atoms with Crippen molar-refractivity contribution in [3.8, 4) is 5.75 Å². The minimum absolute atomic E-state index is 0.745. The molecular formula is C23H24N4O. The first-order chi connectivity index (χ1) is 13.7. The highest BCUT2D eigenvalue weighted by Crippen LogP contribution is 2.31. The molecule has 2 N–H and O–H groups in total. The number of aryl methyl sites for hydroxylation is 2. The van der Waals surface area contributed by atoms with E-state index in [9.17, 15) is 0 Å². The number of aromatic nitrogens is 2. The molecule has 142 valence electrons. The van der Waals surface area contributed by atoms with Crippen molar-refractivity contribution in [2.24, 2.45) is 0 Å². The van der Waals surface area contributed by atoms with Crippen LogP contribution in [0.25, 0.3) is 5.52 Å². The average molecular weight is 372 g/mol. The van der Waals surface area contributed by atoms with Gasteiger partial charge in [0.05, 0.1) is 29.3 Å². The zero-order chi connectivity index (χ0) is 19.5. The van der Waals surface area contributed by atoms with Gasteiger partial charge in [0.1, 0.15) is 11.5 Å². The van der Waals surface area contributed by atoms with Gasteiger partial charge in [0.25, 0.3) is 0 Å². The molecule has 1 aliphatic carbocycles. The molecule has 0 radical (unpaired) electrons. The summed E-state index contributed by atoms with van der Waals surface area (Å²) in [6.07, 6.45) is 12.9. The molecule has 5 nitrogen and oxygen atoms in total. The van der Waals surface area contributed by atoms with Gasteiger partial charge in [-0.3, -0.25) is 0 Å². The molecule has 1 aromatic carbocycles. The molecule has 0 fully saturated rings. The molecule has 3 aromatic rings. The van der Waals surface area contributed by atoms with Gasteiger partial charge in [0, 0.05) is 24.7 Å². The number of benzene rings is 1. The zero-order valence-electron chi connectivity index (χ0n) is 16.4. The predicted molar refractivity (Wildman–Crippen MR) is 115 cm³/mol. The maximum atomic E-state index is 5.98. The number of hydrogen-bond donors (Lipinski definition) is 2. The van der Waals surface area contributed by atoms with Crippen LogP contribution in [-0.2, 0) is 0 Å². The van der Waals surface area contributed by atoms with E-state index < -0.39 is 0 Å². The van der Waals surface area contributed by atoms with E-state index in [2.05, 4.69) is 47.8 Å². The van der Waals surface area contributed by atoms with Crippen molar-refractivity contribution in [2.45, 2.75) is 20.3 Å². The molecule has 0 atom stereocenters. The van der Waals surface area contributed by atoms with Crippen LogP contribution in [0.5, 0.6) is 5.75 Å². The fourth-order valence-corrected chi connectivity index (χ4v) is 3.34. The van der Waals surface area contributed by atoms with Crippen LogP contribution in [0.1, 0.15) is 17.5 Å². The van der Waals surface area contributed by atoms with Gasteiger partial charge in [-0.2, -0.15) is 5.10 Å². The molecule has 0 bridgehead atoms. The molecule has 0 spiro atoms. The molecule has 0 amide bonds. The minimum atomic E-state index is 0.745. The van der Waals surface area contributed by atoms with Gasteiger partial charge < -0.3 is 15.4 Å². The number of anilines is 2. The van der Waals surface area contributed by atoms with Crippen LogP contribution in [0.15, 0.2) is 78.5 Å². The Labute approximate surface area is 165 Å². The molecule has 0 aliphatic heterocycles. The minimum Gasteiger partial charge on any atom is -0.461 e. The van der Waals surface area contributed by atoms with Crippen molar-refractivity contribution in [2.75, 3.05) is 17.7 Å². The smallest absolute Gasteiger partial charge is 0.126 e. The van der Waals surface area contributed by atoms with Crippen LogP contribution in [0.3, 0.4) is 0 Å². The van der Waals surface area contributed by atoms with E-state index in [1.807, 2.05) is 60.4 Å². The summed E-state index contributed by atoms with van der Waals surface area (Å²) in [6.45, 7) is 4.18. The molecule has 0 unspecified atom stereocenters. The van der Waals surface area contributed by atoms with E-state index >= 15 is 0 Å². The van der Waals surface area contributed by atoms with Crippen molar-refractivity contribution in [1.29, 1.82) is 0 Å². The summed E-state index contributed by atoms with van der Waals surface area (Å²) in [6, 6.07) is 9.86. The summed E-state index contributed by atoms with van der Waals surface area (Å²) in [5.41, 5.74) is 6.49. The van der Waals surface area contributed by atoms with Crippen LogP contribution in [0, 0.1) is 13.8 Å². The number of fused-ring (bicyclic) bond motifs is 1. The Morgan fingerprint density at radius 2 is 1.93 bits per heavy atom. The Bertz CT molecular complexity index is 1090. The van der Waals surface area contributed by atoms with E-state index in [4.69, 9.17) is 4.74 Å². The lowest BCUT2D eigenvalue weighted by Crippen LogP contribution is -2.03. The molecular weight excluding hydrogens is 348 g/mol. The summed E-state index contributed by atoms with van der Waals surface area (Å²) < 4.78 is 7.89. The van der Waals surface area contributed by atoms with E-state index in [-0.39, 0.29) is 0 Å². The number of nitrogens with one attached hydrogen (secondary N) is 2. The molecule has 1 aliphatic rings. The molecule has 2 heterocycles. The van der Waals surface area contributed by atoms with E-state index in [1.165, 1.54) is 5.56 Å². The quantitative estimate of drug-likeness (QED) is 0.645. The largest absolute Gasteiger partial charge is 0.461 e. The Hall–Kier alpha value is -3.47. The van der Waals surface area contributed by atoms with Crippen LogP contribution >= 0.6 is 0 Å². The molecule has 5 heteroatoms. The molecule has 0 saturated carbocycles. The standard InChI is InChI=1S/C23H24N4O/c1-16-14-25-27-15-21(24-3)17(2)23(27)22(16)26-18-8-7-11-20(13-12-18)28-19-9-5-4-6-10-19/h4-10,12-15,24,26H,11H2,1-3H3. The fraction of sp³-hybridized carbons (Fsp3) is 0.174. The second-order valence-corrected chi connectivity index (χ2v) is 6.82. The van der Waals surface area contributed by atoms with Gasteiger partial charge >= 0.3 is 0 Å². The van der Waals surface area contributed by atoms with E-state index in [0.717, 1.165) is 46.1 Å². The predicted octanol–water partition coefficient (Wildman–Crippen LogP) is 5.21. The normalized spacial score (nSPS) is 13.7. The SMILES string of the molecule is CNc1cn2ncc(C)c(NC3=CC=C(Oc4ccccc4)CC=C3)c2c1C. The lowest BCUT2D eigenvalue weighted by atomic mass is 10.1. The van der Waals surface area contributed by atoms with Crippen molar-refractivity contribution in [3.05, 3.63) is 89.6 Å². The van der Waals surface area contributed by atoms with Gasteiger partial charge in [-0.15, -0.1) is 0 Å². The topological polar surface area (TPSA) is 50.6 Å². The highest BCUT2D eigenvalue weighted by Gasteiger charge is 2.14. The third-order valence-corrected chi connectivity index (χ3v) is 4.84. The number of nitrogens with zero attached hydrogens (tertiary/aromatic N) is 2. The Morgan fingerprint density at radius 1 is 1.11 bits per heavy atom. The van der Waals surface area contributed by atoms with Gasteiger partial charge in [-0.1, -0.05) is 24.3 Å². The van der Waals surface area contributed by atoms with Crippen molar-refractivity contribution >= 4 is 16.9 Å². The van der Waals surface area contributed by atoms with Crippen LogP contribution in [-0.4, -0.2) is 16.7 Å². The van der Waals surface area contributed by atoms with E-state index in [1.54, 1.807) is 0 Å². The number of allylic oxidation sites excluding steroid dienone is 4. The third-order valence-electron chi connectivity index (χ3n) is 4.84. The number of ether oxygens (including phenoxy) is 1. The fourth-order valence-electron chi connectivity index (χ4n) is 3.34. The number of hydrogen-bond acceptors (Lipinski definition) is 4. The van der Waals surface area contributed by atoms with Gasteiger partial charge in [-0.25, -0.2) is 4.52 Å². The average Bonchev–Trinajstić information content (AvgIpc) is 2.88. The van der Waals surface area contributed by atoms with Crippen LogP contribution in [0.2, 0.25) is 0 Å². The van der Waals surface area contributed by atoms with Crippen molar-refractivity contribution in [1.82, 2.24) is 9.61 Å². The van der Waals surface area contributed by atoms with Crippen molar-refractivity contribution in [3.63, 3.8) is 0 Å². The number of para-hydroxylation sites is 1. The third kappa shape index (κ3) is 3.51. The number of rotatable bonds is 5. The Balaban J connectivity index is 1.64. The first-order valence-corrected chi connectivity index (χ1v) is 9.38. The van der Waals surface area contributed by atoms with Crippen LogP contribution in [0.4, 0.5) is 11.4 Å². The lowest BCUT2D eigenvalue weighted by Gasteiger charge is -2.12. The van der Waals surface area contributed by atoms with Gasteiger partial charge in [-0.05, 0) is 49.8 Å². The molecule has 0 saturated heterocycles. The second-order valence-electron chi connectivity index (χ2n) is 6.82. The highest BCUT2D eigenvalue weighted by atomic mass is 16.5. The first-order valence-electron chi connectivity index (χ1n) is 9.38. The molecule has 4 rings (SSSR count). The Kier molecular flexibility index (Phi) is 4.89. The second kappa shape index (κ2) is 7.64. The zero-order valence-corrected chi connectivity index (χ0v) is 16.4. The summed E-state index contributed by atoms with van der Waals surface area (Å²) in [5, 5.41) is 11.3. The molecule has 28 heavy (non-hydrogen) atoms. The summed E-state index contributed by atoms with van der Waals surface area (Å²) in [4.78, 5) is 0. The highest BCUT2D eigenvalue weighted by molar-refractivity contribution is 5.84. The summed E-state index contributed by atoms with van der Waals surface area (Å²) in [7, 11) is 1.93. The van der Waals surface area contributed by atoms with E-state index in [0.29, 0.717) is 0 Å². The molecule has 2 aromatic heterocycles. The maximum Gasteiger partial charge on any atom is 0.126 e.